The minimum Gasteiger partial charge on any atom is -0.504 e. The number of benzene rings is 2. The Morgan fingerprint density at radius 1 is 1.26 bits per heavy atom. The number of carbonyl (C=O) groups excluding carboxylic acids is 1. The van der Waals surface area contributed by atoms with Gasteiger partial charge in [-0.2, -0.15) is 0 Å². The van der Waals surface area contributed by atoms with E-state index >= 15 is 0 Å². The lowest BCUT2D eigenvalue weighted by Crippen LogP contribution is -1.97. The van der Waals surface area contributed by atoms with Gasteiger partial charge in [-0.1, -0.05) is 18.2 Å². The zero-order valence-electron chi connectivity index (χ0n) is 12.1. The quantitative estimate of drug-likeness (QED) is 0.288. The first-order chi connectivity index (χ1) is 10.9. The maximum atomic E-state index is 12.1. The Labute approximate surface area is 131 Å². The molecular formula is C16H13NO6. The smallest absolute Gasteiger partial charge is 0.315 e. The molecule has 0 aliphatic carbocycles. The Balaban J connectivity index is 2.30. The van der Waals surface area contributed by atoms with E-state index < -0.39 is 27.9 Å². The van der Waals surface area contributed by atoms with E-state index in [2.05, 4.69) is 0 Å². The molecule has 23 heavy (non-hydrogen) atoms. The maximum Gasteiger partial charge on any atom is 0.315 e. The second kappa shape index (κ2) is 6.61. The fraction of sp³-hybridized carbons (Fsp3) is 0.0625. The summed E-state index contributed by atoms with van der Waals surface area (Å²) in [6.45, 7) is 0. The number of nitro groups is 1. The highest BCUT2D eigenvalue weighted by Gasteiger charge is 2.20. The summed E-state index contributed by atoms with van der Waals surface area (Å²) in [5, 5.41) is 29.7. The molecule has 0 radical (unpaired) electrons. The monoisotopic (exact) mass is 315 g/mol. The second-order valence-electron chi connectivity index (χ2n) is 4.59. The van der Waals surface area contributed by atoms with Gasteiger partial charge in [-0.15, -0.1) is 0 Å². The molecule has 0 saturated heterocycles. The molecule has 2 N–H and O–H groups in total. The Kier molecular flexibility index (Phi) is 4.61. The van der Waals surface area contributed by atoms with Crippen molar-refractivity contribution >= 4 is 17.5 Å². The third-order valence-corrected chi connectivity index (χ3v) is 3.07. The summed E-state index contributed by atoms with van der Waals surface area (Å²) >= 11 is 0. The van der Waals surface area contributed by atoms with Gasteiger partial charge in [0.2, 0.25) is 5.75 Å². The van der Waals surface area contributed by atoms with Crippen molar-refractivity contribution in [3.05, 3.63) is 63.7 Å². The maximum absolute atomic E-state index is 12.1. The average molecular weight is 315 g/mol. The number of nitrogens with zero attached hydrogens (tertiary/aromatic N) is 1. The summed E-state index contributed by atoms with van der Waals surface area (Å²) in [6, 6.07) is 8.85. The lowest BCUT2D eigenvalue weighted by Gasteiger charge is -2.02. The lowest BCUT2D eigenvalue weighted by molar-refractivity contribution is -0.386. The molecule has 0 amide bonds. The molecule has 0 heterocycles. The van der Waals surface area contributed by atoms with Crippen LogP contribution in [-0.4, -0.2) is 28.0 Å². The summed E-state index contributed by atoms with van der Waals surface area (Å²) in [6.07, 6.45) is 2.73. The van der Waals surface area contributed by atoms with Gasteiger partial charge in [0, 0.05) is 11.6 Å². The fourth-order valence-corrected chi connectivity index (χ4v) is 1.90. The minimum absolute atomic E-state index is 0.105. The predicted molar refractivity (Wildman–Crippen MR) is 82.8 cm³/mol. The molecule has 7 heteroatoms. The van der Waals surface area contributed by atoms with Gasteiger partial charge in [0.05, 0.1) is 12.0 Å². The van der Waals surface area contributed by atoms with Crippen LogP contribution in [0.4, 0.5) is 5.69 Å². The van der Waals surface area contributed by atoms with E-state index in [0.29, 0.717) is 11.3 Å². The molecule has 118 valence electrons. The van der Waals surface area contributed by atoms with Gasteiger partial charge in [-0.05, 0) is 29.8 Å². The molecule has 0 unspecified atom stereocenters. The van der Waals surface area contributed by atoms with Gasteiger partial charge in [0.1, 0.15) is 5.75 Å². The van der Waals surface area contributed by atoms with Gasteiger partial charge >= 0.3 is 5.69 Å². The Hall–Kier alpha value is -3.35. The van der Waals surface area contributed by atoms with Crippen molar-refractivity contribution in [2.75, 3.05) is 7.11 Å². The second-order valence-corrected chi connectivity index (χ2v) is 4.59. The van der Waals surface area contributed by atoms with Crippen LogP contribution in [0.25, 0.3) is 6.08 Å². The van der Waals surface area contributed by atoms with Crippen LogP contribution in [0.1, 0.15) is 15.9 Å². The molecule has 0 aliphatic heterocycles. The fourth-order valence-electron chi connectivity index (χ4n) is 1.90. The molecule has 7 nitrogen and oxygen atoms in total. The van der Waals surface area contributed by atoms with Crippen LogP contribution in [0.15, 0.2) is 42.5 Å². The van der Waals surface area contributed by atoms with E-state index in [-0.39, 0.29) is 5.56 Å². The average Bonchev–Trinajstić information content (AvgIpc) is 2.54. The molecule has 0 aliphatic rings. The number of phenolic OH excluding ortho intramolecular Hbond substituents is 2. The van der Waals surface area contributed by atoms with Gasteiger partial charge in [0.15, 0.2) is 11.5 Å². The molecule has 0 aromatic heterocycles. The van der Waals surface area contributed by atoms with Gasteiger partial charge in [-0.25, -0.2) is 0 Å². The van der Waals surface area contributed by atoms with Crippen molar-refractivity contribution in [1.29, 1.82) is 0 Å². The van der Waals surface area contributed by atoms with E-state index in [4.69, 9.17) is 4.74 Å². The first-order valence-corrected chi connectivity index (χ1v) is 6.49. The SMILES string of the molecule is COc1cccc(/C=C/C(=O)c2cc(O)c(O)c([N+](=O)[O-])c2)c1. The highest BCUT2D eigenvalue weighted by Crippen LogP contribution is 2.36. The number of aromatic hydroxyl groups is 2. The molecule has 0 spiro atoms. The zero-order chi connectivity index (χ0) is 17.0. The lowest BCUT2D eigenvalue weighted by atomic mass is 10.1. The molecule has 2 rings (SSSR count). The highest BCUT2D eigenvalue weighted by molar-refractivity contribution is 6.07. The standard InChI is InChI=1S/C16H13NO6/c1-23-12-4-2-3-10(7-12)5-6-14(18)11-8-13(17(21)22)16(20)15(19)9-11/h2-9,19-20H,1H3/b6-5+. The van der Waals surface area contributed by atoms with Crippen molar-refractivity contribution in [2.24, 2.45) is 0 Å². The van der Waals surface area contributed by atoms with Crippen LogP contribution < -0.4 is 4.74 Å². The summed E-state index contributed by atoms with van der Waals surface area (Å²) in [4.78, 5) is 22.0. The third-order valence-electron chi connectivity index (χ3n) is 3.07. The molecular weight excluding hydrogens is 302 g/mol. The third kappa shape index (κ3) is 3.65. The first kappa shape index (κ1) is 16.0. The number of hydrogen-bond acceptors (Lipinski definition) is 6. The van der Waals surface area contributed by atoms with Gasteiger partial charge < -0.3 is 14.9 Å². The molecule has 2 aromatic carbocycles. The van der Waals surface area contributed by atoms with Crippen molar-refractivity contribution < 1.29 is 24.7 Å². The van der Waals surface area contributed by atoms with Crippen LogP contribution in [0.2, 0.25) is 0 Å². The van der Waals surface area contributed by atoms with E-state index in [1.54, 1.807) is 24.3 Å². The summed E-state index contributed by atoms with van der Waals surface area (Å²) in [5.74, 6) is -1.52. The predicted octanol–water partition coefficient (Wildman–Crippen LogP) is 2.91. The molecule has 0 saturated carbocycles. The van der Waals surface area contributed by atoms with E-state index in [9.17, 15) is 25.1 Å². The van der Waals surface area contributed by atoms with Crippen molar-refractivity contribution in [3.63, 3.8) is 0 Å². The molecule has 0 bridgehead atoms. The number of methoxy groups -OCH3 is 1. The zero-order valence-corrected chi connectivity index (χ0v) is 12.1. The topological polar surface area (TPSA) is 110 Å². The van der Waals surface area contributed by atoms with E-state index in [1.807, 2.05) is 0 Å². The molecule has 2 aromatic rings. The van der Waals surface area contributed by atoms with Crippen LogP contribution in [0.5, 0.6) is 17.2 Å². The minimum atomic E-state index is -0.877. The number of ether oxygens (including phenoxy) is 1. The normalized spacial score (nSPS) is 10.7. The van der Waals surface area contributed by atoms with E-state index in [1.165, 1.54) is 19.3 Å². The summed E-state index contributed by atoms with van der Waals surface area (Å²) in [5.41, 5.74) is -0.135. The largest absolute Gasteiger partial charge is 0.504 e. The van der Waals surface area contributed by atoms with Gasteiger partial charge in [-0.3, -0.25) is 14.9 Å². The number of allylic oxidation sites excluding steroid dienone is 1. The Morgan fingerprint density at radius 3 is 2.65 bits per heavy atom. The number of hydrogen-bond donors (Lipinski definition) is 2. The number of ketones is 1. The number of carbonyl (C=O) groups is 1. The van der Waals surface area contributed by atoms with Crippen molar-refractivity contribution in [1.82, 2.24) is 0 Å². The van der Waals surface area contributed by atoms with Gasteiger partial charge in [0.25, 0.3) is 0 Å². The van der Waals surface area contributed by atoms with Crippen molar-refractivity contribution in [2.45, 2.75) is 0 Å². The number of rotatable bonds is 5. The van der Waals surface area contributed by atoms with Crippen molar-refractivity contribution in [3.8, 4) is 17.2 Å². The summed E-state index contributed by atoms with van der Waals surface area (Å²) in [7, 11) is 1.52. The van der Waals surface area contributed by atoms with Crippen LogP contribution in [0, 0.1) is 10.1 Å². The van der Waals surface area contributed by atoms with E-state index in [0.717, 1.165) is 12.1 Å². The van der Waals surface area contributed by atoms with Crippen LogP contribution in [0.3, 0.4) is 0 Å². The number of phenols is 2. The Morgan fingerprint density at radius 2 is 2.00 bits per heavy atom. The summed E-state index contributed by atoms with van der Waals surface area (Å²) < 4.78 is 5.06. The molecule has 0 fully saturated rings. The Bertz CT molecular complexity index is 797. The van der Waals surface area contributed by atoms with Crippen LogP contribution in [-0.2, 0) is 0 Å². The highest BCUT2D eigenvalue weighted by atomic mass is 16.6. The molecule has 0 atom stereocenters. The number of nitro benzene ring substituents is 1. The van der Waals surface area contributed by atoms with Crippen LogP contribution >= 0.6 is 0 Å². The first-order valence-electron chi connectivity index (χ1n) is 6.49.